The summed E-state index contributed by atoms with van der Waals surface area (Å²) in [7, 11) is 0. The quantitative estimate of drug-likeness (QED) is 0.629. The van der Waals surface area contributed by atoms with Crippen molar-refractivity contribution < 1.29 is 9.90 Å². The SMILES string of the molecule is N[C@H](Cc1ccc(-c2ccc(O)cc2)cc1)NC(=O)[C@@H]1CCCCN1. The molecule has 25 heavy (non-hydrogen) atoms. The van der Waals surface area contributed by atoms with Crippen molar-refractivity contribution in [3.8, 4) is 16.9 Å². The van der Waals surface area contributed by atoms with Gasteiger partial charge in [-0.2, -0.15) is 0 Å². The van der Waals surface area contributed by atoms with E-state index in [2.05, 4.69) is 10.6 Å². The van der Waals surface area contributed by atoms with Crippen LogP contribution in [0, 0.1) is 0 Å². The molecule has 132 valence electrons. The Morgan fingerprint density at radius 3 is 2.36 bits per heavy atom. The first kappa shape index (κ1) is 17.5. The van der Waals surface area contributed by atoms with Crippen LogP contribution >= 0.6 is 0 Å². The number of benzene rings is 2. The molecule has 1 fully saturated rings. The zero-order valence-corrected chi connectivity index (χ0v) is 14.2. The maximum Gasteiger partial charge on any atom is 0.238 e. The summed E-state index contributed by atoms with van der Waals surface area (Å²) < 4.78 is 0. The lowest BCUT2D eigenvalue weighted by Gasteiger charge is -2.24. The lowest BCUT2D eigenvalue weighted by Crippen LogP contribution is -2.52. The van der Waals surface area contributed by atoms with Gasteiger partial charge in [0.1, 0.15) is 5.75 Å². The normalized spacial score (nSPS) is 18.5. The highest BCUT2D eigenvalue weighted by Crippen LogP contribution is 2.22. The molecule has 2 atom stereocenters. The molecule has 0 aromatic heterocycles. The van der Waals surface area contributed by atoms with Crippen molar-refractivity contribution in [2.45, 2.75) is 37.9 Å². The molecular formula is C20H25N3O2. The van der Waals surface area contributed by atoms with Gasteiger partial charge in [-0.05, 0) is 48.2 Å². The van der Waals surface area contributed by atoms with E-state index in [1.54, 1.807) is 12.1 Å². The van der Waals surface area contributed by atoms with Gasteiger partial charge in [0.15, 0.2) is 0 Å². The second kappa shape index (κ2) is 8.14. The number of rotatable bonds is 5. The molecule has 2 aromatic carbocycles. The molecule has 1 aliphatic heterocycles. The lowest BCUT2D eigenvalue weighted by atomic mass is 10.0. The van der Waals surface area contributed by atoms with Crippen LogP contribution in [0.2, 0.25) is 0 Å². The van der Waals surface area contributed by atoms with E-state index in [4.69, 9.17) is 5.73 Å². The fraction of sp³-hybridized carbons (Fsp3) is 0.350. The van der Waals surface area contributed by atoms with Gasteiger partial charge in [-0.25, -0.2) is 0 Å². The van der Waals surface area contributed by atoms with E-state index in [1.165, 1.54) is 0 Å². The summed E-state index contributed by atoms with van der Waals surface area (Å²) >= 11 is 0. The topological polar surface area (TPSA) is 87.4 Å². The van der Waals surface area contributed by atoms with Gasteiger partial charge < -0.3 is 21.5 Å². The van der Waals surface area contributed by atoms with Crippen molar-refractivity contribution in [2.24, 2.45) is 5.73 Å². The van der Waals surface area contributed by atoms with Crippen molar-refractivity contribution in [2.75, 3.05) is 6.54 Å². The highest BCUT2D eigenvalue weighted by molar-refractivity contribution is 5.82. The zero-order valence-electron chi connectivity index (χ0n) is 14.2. The predicted molar refractivity (Wildman–Crippen MR) is 99.0 cm³/mol. The fourth-order valence-electron chi connectivity index (χ4n) is 3.15. The number of aromatic hydroxyl groups is 1. The summed E-state index contributed by atoms with van der Waals surface area (Å²) in [6, 6.07) is 15.1. The number of phenols is 1. The number of hydrogen-bond donors (Lipinski definition) is 4. The lowest BCUT2D eigenvalue weighted by molar-refractivity contribution is -0.124. The summed E-state index contributed by atoms with van der Waals surface area (Å²) in [6.07, 6.45) is 3.28. The Morgan fingerprint density at radius 2 is 1.76 bits per heavy atom. The third kappa shape index (κ3) is 4.81. The van der Waals surface area contributed by atoms with E-state index < -0.39 is 6.17 Å². The van der Waals surface area contributed by atoms with Crippen LogP contribution < -0.4 is 16.4 Å². The molecule has 0 radical (unpaired) electrons. The van der Waals surface area contributed by atoms with Gasteiger partial charge in [0.25, 0.3) is 0 Å². The molecule has 0 spiro atoms. The van der Waals surface area contributed by atoms with Gasteiger partial charge in [0.2, 0.25) is 5.91 Å². The van der Waals surface area contributed by atoms with Gasteiger partial charge in [-0.15, -0.1) is 0 Å². The number of phenolic OH excluding ortho intramolecular Hbond substituents is 1. The second-order valence-corrected chi connectivity index (χ2v) is 6.57. The van der Waals surface area contributed by atoms with E-state index >= 15 is 0 Å². The van der Waals surface area contributed by atoms with Crippen LogP contribution in [0.15, 0.2) is 48.5 Å². The minimum Gasteiger partial charge on any atom is -0.508 e. The summed E-state index contributed by atoms with van der Waals surface area (Å²) in [5.74, 6) is 0.252. The van der Waals surface area contributed by atoms with Gasteiger partial charge >= 0.3 is 0 Å². The standard InChI is InChI=1S/C20H25N3O2/c21-19(23-20(25)18-3-1-2-12-22-18)13-14-4-6-15(7-5-14)16-8-10-17(24)11-9-16/h4-11,18-19,22,24H,1-3,12-13,21H2,(H,23,25)/t18-,19-/m0/s1. The molecule has 5 N–H and O–H groups in total. The molecule has 0 bridgehead atoms. The van der Waals surface area contributed by atoms with Gasteiger partial charge in [0.05, 0.1) is 12.2 Å². The summed E-state index contributed by atoms with van der Waals surface area (Å²) in [5, 5.41) is 15.5. The molecule has 0 saturated carbocycles. The Labute approximate surface area is 148 Å². The van der Waals surface area contributed by atoms with E-state index in [0.29, 0.717) is 6.42 Å². The number of hydrogen-bond acceptors (Lipinski definition) is 4. The molecule has 2 aromatic rings. The molecule has 1 heterocycles. The molecule has 5 nitrogen and oxygen atoms in total. The minimum atomic E-state index is -0.393. The van der Waals surface area contributed by atoms with Crippen LogP contribution in [-0.4, -0.2) is 29.8 Å². The van der Waals surface area contributed by atoms with Crippen molar-refractivity contribution >= 4 is 5.91 Å². The monoisotopic (exact) mass is 339 g/mol. The first-order valence-corrected chi connectivity index (χ1v) is 8.79. The van der Waals surface area contributed by atoms with Crippen LogP contribution in [-0.2, 0) is 11.2 Å². The average molecular weight is 339 g/mol. The van der Waals surface area contributed by atoms with Crippen molar-refractivity contribution in [3.05, 3.63) is 54.1 Å². The van der Waals surface area contributed by atoms with Crippen LogP contribution in [0.25, 0.3) is 11.1 Å². The molecule has 0 aliphatic carbocycles. The maximum atomic E-state index is 12.2. The molecule has 1 saturated heterocycles. The Morgan fingerprint density at radius 1 is 1.12 bits per heavy atom. The minimum absolute atomic E-state index is 0.00656. The fourth-order valence-corrected chi connectivity index (χ4v) is 3.15. The Kier molecular flexibility index (Phi) is 5.68. The van der Waals surface area contributed by atoms with E-state index in [-0.39, 0.29) is 17.7 Å². The highest BCUT2D eigenvalue weighted by atomic mass is 16.3. The number of piperidine rings is 1. The number of carbonyl (C=O) groups excluding carboxylic acids is 1. The van der Waals surface area contributed by atoms with E-state index in [0.717, 1.165) is 42.5 Å². The van der Waals surface area contributed by atoms with Gasteiger partial charge in [-0.1, -0.05) is 42.8 Å². The third-order valence-corrected chi connectivity index (χ3v) is 4.56. The Bertz CT molecular complexity index is 692. The average Bonchev–Trinajstić information content (AvgIpc) is 2.64. The van der Waals surface area contributed by atoms with Crippen LogP contribution in [0.5, 0.6) is 5.75 Å². The summed E-state index contributed by atoms with van der Waals surface area (Å²) in [6.45, 7) is 0.895. The predicted octanol–water partition coefficient (Wildman–Crippen LogP) is 2.14. The van der Waals surface area contributed by atoms with Crippen LogP contribution in [0.3, 0.4) is 0 Å². The number of nitrogens with two attached hydrogens (primary N) is 1. The van der Waals surface area contributed by atoms with Crippen molar-refractivity contribution in [1.29, 1.82) is 0 Å². The summed E-state index contributed by atoms with van der Waals surface area (Å²) in [5.41, 5.74) is 9.29. The number of carbonyl (C=O) groups is 1. The molecule has 1 aliphatic rings. The van der Waals surface area contributed by atoms with Crippen LogP contribution in [0.1, 0.15) is 24.8 Å². The van der Waals surface area contributed by atoms with E-state index in [9.17, 15) is 9.90 Å². The van der Waals surface area contributed by atoms with Crippen molar-refractivity contribution in [1.82, 2.24) is 10.6 Å². The van der Waals surface area contributed by atoms with E-state index in [1.807, 2.05) is 36.4 Å². The highest BCUT2D eigenvalue weighted by Gasteiger charge is 2.21. The number of amides is 1. The zero-order chi connectivity index (χ0) is 17.6. The Hall–Kier alpha value is -2.37. The first-order valence-electron chi connectivity index (χ1n) is 8.79. The van der Waals surface area contributed by atoms with Crippen LogP contribution in [0.4, 0.5) is 0 Å². The summed E-state index contributed by atoms with van der Waals surface area (Å²) in [4.78, 5) is 12.2. The maximum absolute atomic E-state index is 12.2. The molecular weight excluding hydrogens is 314 g/mol. The number of nitrogens with one attached hydrogen (secondary N) is 2. The molecule has 0 unspecified atom stereocenters. The molecule has 5 heteroatoms. The second-order valence-electron chi connectivity index (χ2n) is 6.57. The third-order valence-electron chi connectivity index (χ3n) is 4.56. The smallest absolute Gasteiger partial charge is 0.238 e. The van der Waals surface area contributed by atoms with Gasteiger partial charge in [-0.3, -0.25) is 4.79 Å². The largest absolute Gasteiger partial charge is 0.508 e. The Balaban J connectivity index is 1.55. The van der Waals surface area contributed by atoms with Gasteiger partial charge in [0, 0.05) is 6.42 Å². The molecule has 1 amide bonds. The van der Waals surface area contributed by atoms with Crippen molar-refractivity contribution in [3.63, 3.8) is 0 Å². The molecule has 3 rings (SSSR count). The first-order chi connectivity index (χ1) is 12.1.